The Labute approximate surface area is 191 Å². The van der Waals surface area contributed by atoms with Crippen LogP contribution in [0.4, 0.5) is 11.4 Å². The molecule has 0 aromatic heterocycles. The van der Waals surface area contributed by atoms with Gasteiger partial charge in [0, 0.05) is 18.4 Å². The molecule has 6 nitrogen and oxygen atoms in total. The van der Waals surface area contributed by atoms with E-state index in [0.717, 1.165) is 22.0 Å². The number of fused-ring (bicyclic) bond motifs is 1. The number of nitrogens with one attached hydrogen (secondary N) is 1. The van der Waals surface area contributed by atoms with Crippen LogP contribution >= 0.6 is 11.8 Å². The van der Waals surface area contributed by atoms with E-state index in [0.29, 0.717) is 23.1 Å². The third-order valence-corrected chi connectivity index (χ3v) is 6.49. The topological polar surface area (TPSA) is 71.0 Å². The number of hydrogen-bond acceptors (Lipinski definition) is 5. The predicted molar refractivity (Wildman–Crippen MR) is 131 cm³/mol. The third kappa shape index (κ3) is 4.48. The fourth-order valence-electron chi connectivity index (χ4n) is 3.71. The van der Waals surface area contributed by atoms with E-state index in [1.807, 2.05) is 74.5 Å². The molecule has 1 fully saturated rings. The molecular formula is C25H25N3O3S. The van der Waals surface area contributed by atoms with Crippen molar-refractivity contribution in [3.8, 4) is 5.75 Å². The van der Waals surface area contributed by atoms with Crippen LogP contribution in [0.25, 0.3) is 10.8 Å². The first-order valence-electron chi connectivity index (χ1n) is 10.5. The molecule has 164 valence electrons. The normalized spacial score (nSPS) is 17.2. The summed E-state index contributed by atoms with van der Waals surface area (Å²) in [6.45, 7) is 4.36. The van der Waals surface area contributed by atoms with Crippen LogP contribution in [0.3, 0.4) is 0 Å². The van der Waals surface area contributed by atoms with Gasteiger partial charge in [0.05, 0.1) is 18.5 Å². The number of thioether (sulfide) groups is 1. The van der Waals surface area contributed by atoms with Gasteiger partial charge in [-0.2, -0.15) is 0 Å². The smallest absolute Gasteiger partial charge is 0.242 e. The second-order valence-corrected chi connectivity index (χ2v) is 8.71. The number of ether oxygens (including phenoxy) is 1. The molecule has 0 radical (unpaired) electrons. The lowest BCUT2D eigenvalue weighted by Crippen LogP contribution is -2.33. The molecule has 3 aromatic carbocycles. The van der Waals surface area contributed by atoms with Gasteiger partial charge in [0.2, 0.25) is 11.8 Å². The Morgan fingerprint density at radius 2 is 1.94 bits per heavy atom. The van der Waals surface area contributed by atoms with Crippen molar-refractivity contribution in [2.75, 3.05) is 19.0 Å². The number of benzene rings is 3. The summed E-state index contributed by atoms with van der Waals surface area (Å²) < 4.78 is 5.33. The number of aliphatic imine (C=N–C) groups is 1. The Morgan fingerprint density at radius 1 is 1.16 bits per heavy atom. The van der Waals surface area contributed by atoms with E-state index in [1.54, 1.807) is 12.0 Å². The van der Waals surface area contributed by atoms with E-state index in [9.17, 15) is 9.59 Å². The summed E-state index contributed by atoms with van der Waals surface area (Å²) in [4.78, 5) is 32.2. The molecule has 1 N–H and O–H groups in total. The minimum Gasteiger partial charge on any atom is -0.495 e. The SMILES string of the molecule is CCN1C(=O)C(CC(=O)Nc2cc(C)ccc2OC)SC1=Nc1cccc2ccccc12. The fourth-order valence-corrected chi connectivity index (χ4v) is 4.93. The number of carbonyl (C=O) groups excluding carboxylic acids is 2. The number of rotatable bonds is 6. The van der Waals surface area contributed by atoms with Crippen molar-refractivity contribution in [3.63, 3.8) is 0 Å². The monoisotopic (exact) mass is 447 g/mol. The lowest BCUT2D eigenvalue weighted by Gasteiger charge is -2.14. The van der Waals surface area contributed by atoms with Gasteiger partial charge in [-0.1, -0.05) is 54.2 Å². The van der Waals surface area contributed by atoms with Crippen molar-refractivity contribution >= 4 is 50.9 Å². The molecule has 0 bridgehead atoms. The highest BCUT2D eigenvalue weighted by molar-refractivity contribution is 8.15. The number of anilines is 1. The summed E-state index contributed by atoms with van der Waals surface area (Å²) in [5, 5.41) is 5.11. The molecule has 1 aliphatic heterocycles. The van der Waals surface area contributed by atoms with Crippen molar-refractivity contribution in [1.82, 2.24) is 4.90 Å². The Kier molecular flexibility index (Phi) is 6.46. The van der Waals surface area contributed by atoms with Crippen LogP contribution in [-0.2, 0) is 9.59 Å². The second-order valence-electron chi connectivity index (χ2n) is 7.54. The first kappa shape index (κ1) is 21.9. The molecule has 32 heavy (non-hydrogen) atoms. The van der Waals surface area contributed by atoms with Gasteiger partial charge in [0.25, 0.3) is 0 Å². The molecule has 1 atom stereocenters. The number of methoxy groups -OCH3 is 1. The molecular weight excluding hydrogens is 422 g/mol. The van der Waals surface area contributed by atoms with Crippen LogP contribution in [0, 0.1) is 6.92 Å². The molecule has 1 saturated heterocycles. The zero-order valence-corrected chi connectivity index (χ0v) is 19.1. The average molecular weight is 448 g/mol. The first-order chi connectivity index (χ1) is 15.5. The van der Waals surface area contributed by atoms with Gasteiger partial charge < -0.3 is 10.1 Å². The van der Waals surface area contributed by atoms with E-state index in [-0.39, 0.29) is 18.2 Å². The molecule has 0 saturated carbocycles. The summed E-state index contributed by atoms with van der Waals surface area (Å²) in [7, 11) is 1.56. The highest BCUT2D eigenvalue weighted by Crippen LogP contribution is 2.34. The number of amidine groups is 1. The maximum Gasteiger partial charge on any atom is 0.242 e. The molecule has 1 heterocycles. The Hall–Kier alpha value is -3.32. The molecule has 1 unspecified atom stereocenters. The summed E-state index contributed by atoms with van der Waals surface area (Å²) in [6, 6.07) is 19.5. The summed E-state index contributed by atoms with van der Waals surface area (Å²) in [6.07, 6.45) is 0.0612. The van der Waals surface area contributed by atoms with Crippen molar-refractivity contribution in [3.05, 3.63) is 66.2 Å². The van der Waals surface area contributed by atoms with Crippen molar-refractivity contribution in [2.45, 2.75) is 25.5 Å². The number of aryl methyl sites for hydroxylation is 1. The molecule has 1 aliphatic rings. The highest BCUT2D eigenvalue weighted by Gasteiger charge is 2.38. The van der Waals surface area contributed by atoms with Gasteiger partial charge in [0.1, 0.15) is 11.0 Å². The maximum absolute atomic E-state index is 13.0. The lowest BCUT2D eigenvalue weighted by molar-refractivity contribution is -0.128. The van der Waals surface area contributed by atoms with Crippen LogP contribution in [0.5, 0.6) is 5.75 Å². The van der Waals surface area contributed by atoms with Gasteiger partial charge in [-0.25, -0.2) is 4.99 Å². The molecule has 0 spiro atoms. The molecule has 3 aromatic rings. The average Bonchev–Trinajstić information content (AvgIpc) is 3.07. The van der Waals surface area contributed by atoms with Crippen molar-refractivity contribution < 1.29 is 14.3 Å². The van der Waals surface area contributed by atoms with Crippen molar-refractivity contribution in [2.24, 2.45) is 4.99 Å². The molecule has 7 heteroatoms. The van der Waals surface area contributed by atoms with Gasteiger partial charge in [-0.05, 0) is 43.0 Å². The summed E-state index contributed by atoms with van der Waals surface area (Å²) in [5.41, 5.74) is 2.42. The first-order valence-corrected chi connectivity index (χ1v) is 11.4. The Morgan fingerprint density at radius 3 is 2.72 bits per heavy atom. The Bertz CT molecular complexity index is 1200. The van der Waals surface area contributed by atoms with Crippen LogP contribution in [0.15, 0.2) is 65.7 Å². The van der Waals surface area contributed by atoms with Crippen LogP contribution in [0.2, 0.25) is 0 Å². The van der Waals surface area contributed by atoms with E-state index in [1.165, 1.54) is 11.8 Å². The standard InChI is InChI=1S/C25H25N3O3S/c1-4-28-24(30)22(15-23(29)26-20-14-16(2)12-13-21(20)31-3)32-25(28)27-19-11-7-9-17-8-5-6-10-18(17)19/h5-14,22H,4,15H2,1-3H3,(H,26,29). The van der Waals surface area contributed by atoms with Gasteiger partial charge in [0.15, 0.2) is 5.17 Å². The van der Waals surface area contributed by atoms with Crippen LogP contribution in [0.1, 0.15) is 18.9 Å². The molecule has 0 aliphatic carbocycles. The fraction of sp³-hybridized carbons (Fsp3) is 0.240. The maximum atomic E-state index is 13.0. The zero-order chi connectivity index (χ0) is 22.7. The number of nitrogens with zero attached hydrogens (tertiary/aromatic N) is 2. The second kappa shape index (κ2) is 9.44. The predicted octanol–water partition coefficient (Wildman–Crippen LogP) is 5.14. The molecule has 2 amide bonds. The lowest BCUT2D eigenvalue weighted by atomic mass is 10.1. The van der Waals surface area contributed by atoms with Crippen LogP contribution in [-0.4, -0.2) is 40.8 Å². The van der Waals surface area contributed by atoms with Gasteiger partial charge in [-0.3, -0.25) is 14.5 Å². The van der Waals surface area contributed by atoms with E-state index >= 15 is 0 Å². The quantitative estimate of drug-likeness (QED) is 0.568. The number of amides is 2. The minimum absolute atomic E-state index is 0.0612. The van der Waals surface area contributed by atoms with Crippen LogP contribution < -0.4 is 10.1 Å². The number of hydrogen-bond donors (Lipinski definition) is 1. The van der Waals surface area contributed by atoms with Gasteiger partial charge in [-0.15, -0.1) is 0 Å². The summed E-state index contributed by atoms with van der Waals surface area (Å²) >= 11 is 1.34. The zero-order valence-electron chi connectivity index (χ0n) is 18.3. The van der Waals surface area contributed by atoms with E-state index in [4.69, 9.17) is 9.73 Å². The highest BCUT2D eigenvalue weighted by atomic mass is 32.2. The van der Waals surface area contributed by atoms with E-state index in [2.05, 4.69) is 5.32 Å². The van der Waals surface area contributed by atoms with Crippen molar-refractivity contribution in [1.29, 1.82) is 0 Å². The minimum atomic E-state index is -0.514. The van der Waals surface area contributed by atoms with E-state index < -0.39 is 5.25 Å². The molecule has 4 rings (SSSR count). The summed E-state index contributed by atoms with van der Waals surface area (Å²) in [5.74, 6) is 0.257. The third-order valence-electron chi connectivity index (χ3n) is 5.32. The van der Waals surface area contributed by atoms with Gasteiger partial charge >= 0.3 is 0 Å². The Balaban J connectivity index is 1.54. The largest absolute Gasteiger partial charge is 0.495 e. The number of carbonyl (C=O) groups is 2.